The van der Waals surface area contributed by atoms with E-state index in [4.69, 9.17) is 9.26 Å². The molecule has 0 aromatic carbocycles. The van der Waals surface area contributed by atoms with Crippen LogP contribution in [0.25, 0.3) is 0 Å². The van der Waals surface area contributed by atoms with Crippen molar-refractivity contribution in [2.24, 2.45) is 5.92 Å². The third-order valence-electron chi connectivity index (χ3n) is 5.22. The van der Waals surface area contributed by atoms with Gasteiger partial charge in [0.25, 0.3) is 5.91 Å². The highest BCUT2D eigenvalue weighted by molar-refractivity contribution is 5.94. The van der Waals surface area contributed by atoms with Crippen LogP contribution in [0.1, 0.15) is 59.4 Å². The number of rotatable bonds is 7. The molecule has 0 N–H and O–H groups in total. The van der Waals surface area contributed by atoms with Gasteiger partial charge in [-0.2, -0.15) is 4.98 Å². The Morgan fingerprint density at radius 3 is 3.00 bits per heavy atom. The number of aryl methyl sites for hydroxylation is 1. The zero-order valence-electron chi connectivity index (χ0n) is 15.8. The van der Waals surface area contributed by atoms with Crippen molar-refractivity contribution < 1.29 is 14.1 Å². The molecule has 7 nitrogen and oxygen atoms in total. The second-order valence-corrected chi connectivity index (χ2v) is 7.60. The molecule has 2 aromatic rings. The van der Waals surface area contributed by atoms with Gasteiger partial charge in [0.1, 0.15) is 0 Å². The number of carbonyl (C=O) groups is 1. The zero-order chi connectivity index (χ0) is 18.6. The van der Waals surface area contributed by atoms with Crippen LogP contribution in [0, 0.1) is 12.8 Å². The Morgan fingerprint density at radius 1 is 1.33 bits per heavy atom. The van der Waals surface area contributed by atoms with Crippen molar-refractivity contribution >= 4 is 5.91 Å². The highest BCUT2D eigenvalue weighted by Gasteiger charge is 2.29. The summed E-state index contributed by atoms with van der Waals surface area (Å²) in [5, 5.41) is 4.08. The van der Waals surface area contributed by atoms with Gasteiger partial charge in [0.05, 0.1) is 18.1 Å². The normalized spacial score (nSPS) is 20.0. The van der Waals surface area contributed by atoms with E-state index in [0.29, 0.717) is 36.9 Å². The maximum atomic E-state index is 12.7. The van der Waals surface area contributed by atoms with Crippen molar-refractivity contribution in [1.29, 1.82) is 0 Å². The Labute approximate surface area is 159 Å². The van der Waals surface area contributed by atoms with Crippen LogP contribution in [0.15, 0.2) is 22.9 Å². The Bertz CT molecular complexity index is 770. The SMILES string of the molecule is Cc1ccc(C(=O)N2CCCC(c3nc(CCOCC4CC4)no3)C2)cn1. The lowest BCUT2D eigenvalue weighted by atomic mass is 9.97. The minimum atomic E-state index is 0.0143. The fourth-order valence-corrected chi connectivity index (χ4v) is 3.37. The molecular formula is C20H26N4O3. The topological polar surface area (TPSA) is 81.4 Å². The third kappa shape index (κ3) is 4.71. The van der Waals surface area contributed by atoms with Crippen molar-refractivity contribution in [3.8, 4) is 0 Å². The summed E-state index contributed by atoms with van der Waals surface area (Å²) in [6.45, 7) is 4.74. The highest BCUT2D eigenvalue weighted by Crippen LogP contribution is 2.29. The molecule has 1 saturated heterocycles. The summed E-state index contributed by atoms with van der Waals surface area (Å²) in [7, 11) is 0. The van der Waals surface area contributed by atoms with Crippen molar-refractivity contribution in [3.63, 3.8) is 0 Å². The van der Waals surface area contributed by atoms with Crippen LogP contribution in [-0.2, 0) is 11.2 Å². The van der Waals surface area contributed by atoms with Crippen LogP contribution in [0.4, 0.5) is 0 Å². The molecule has 2 fully saturated rings. The van der Waals surface area contributed by atoms with Gasteiger partial charge < -0.3 is 14.2 Å². The number of ether oxygens (including phenoxy) is 1. The Morgan fingerprint density at radius 2 is 2.22 bits per heavy atom. The van der Waals surface area contributed by atoms with E-state index >= 15 is 0 Å². The highest BCUT2D eigenvalue weighted by atomic mass is 16.5. The second kappa shape index (κ2) is 8.17. The fraction of sp³-hybridized carbons (Fsp3) is 0.600. The number of carbonyl (C=O) groups excluding carboxylic acids is 1. The molecule has 1 amide bonds. The smallest absolute Gasteiger partial charge is 0.255 e. The number of hydrogen-bond donors (Lipinski definition) is 0. The van der Waals surface area contributed by atoms with E-state index in [0.717, 1.165) is 37.6 Å². The zero-order valence-corrected chi connectivity index (χ0v) is 15.8. The predicted molar refractivity (Wildman–Crippen MR) is 98.4 cm³/mol. The van der Waals surface area contributed by atoms with Crippen LogP contribution in [0.5, 0.6) is 0 Å². The van der Waals surface area contributed by atoms with Crippen LogP contribution in [0.2, 0.25) is 0 Å². The number of amides is 1. The molecule has 0 radical (unpaired) electrons. The van der Waals surface area contributed by atoms with E-state index in [9.17, 15) is 4.79 Å². The number of pyridine rings is 1. The molecule has 7 heteroatoms. The third-order valence-corrected chi connectivity index (χ3v) is 5.22. The molecule has 0 spiro atoms. The summed E-state index contributed by atoms with van der Waals surface area (Å²) in [4.78, 5) is 23.4. The van der Waals surface area contributed by atoms with E-state index in [2.05, 4.69) is 15.1 Å². The minimum Gasteiger partial charge on any atom is -0.381 e. The van der Waals surface area contributed by atoms with E-state index in [-0.39, 0.29) is 11.8 Å². The standard InChI is InChI=1S/C20H26N4O3/c1-14-4-7-16(11-21-14)20(25)24-9-2-3-17(12-24)19-22-18(23-27-19)8-10-26-13-15-5-6-15/h4,7,11,15,17H,2-3,5-6,8-10,12-13H2,1H3. The van der Waals surface area contributed by atoms with Crippen LogP contribution in [0.3, 0.4) is 0 Å². The molecule has 1 aliphatic carbocycles. The summed E-state index contributed by atoms with van der Waals surface area (Å²) < 4.78 is 11.1. The Hall–Kier alpha value is -2.28. The van der Waals surface area contributed by atoms with E-state index in [1.807, 2.05) is 24.0 Å². The molecule has 0 bridgehead atoms. The van der Waals surface area contributed by atoms with Crippen molar-refractivity contribution in [1.82, 2.24) is 20.0 Å². The number of nitrogens with zero attached hydrogens (tertiary/aromatic N) is 4. The average molecular weight is 370 g/mol. The van der Waals surface area contributed by atoms with Gasteiger partial charge in [-0.3, -0.25) is 9.78 Å². The van der Waals surface area contributed by atoms with Crippen molar-refractivity contribution in [2.75, 3.05) is 26.3 Å². The molecule has 2 aliphatic rings. The van der Waals surface area contributed by atoms with Crippen LogP contribution in [-0.4, -0.2) is 52.2 Å². The van der Waals surface area contributed by atoms with Gasteiger partial charge in [0, 0.05) is 38.0 Å². The average Bonchev–Trinajstić information content (AvgIpc) is 3.41. The van der Waals surface area contributed by atoms with Crippen LogP contribution < -0.4 is 0 Å². The first-order chi connectivity index (χ1) is 13.2. The minimum absolute atomic E-state index is 0.0143. The maximum absolute atomic E-state index is 12.7. The largest absolute Gasteiger partial charge is 0.381 e. The van der Waals surface area contributed by atoms with E-state index in [1.165, 1.54) is 12.8 Å². The Kier molecular flexibility index (Phi) is 5.48. The summed E-state index contributed by atoms with van der Waals surface area (Å²) in [6, 6.07) is 3.70. The predicted octanol–water partition coefficient (Wildman–Crippen LogP) is 2.76. The second-order valence-electron chi connectivity index (χ2n) is 7.60. The van der Waals surface area contributed by atoms with Gasteiger partial charge in [-0.25, -0.2) is 0 Å². The van der Waals surface area contributed by atoms with Crippen molar-refractivity contribution in [3.05, 3.63) is 41.3 Å². The molecule has 27 heavy (non-hydrogen) atoms. The van der Waals surface area contributed by atoms with Crippen molar-refractivity contribution in [2.45, 2.75) is 44.9 Å². The first-order valence-corrected chi connectivity index (χ1v) is 9.81. The van der Waals surface area contributed by atoms with Gasteiger partial charge in [-0.05, 0) is 50.7 Å². The molecule has 1 aliphatic heterocycles. The maximum Gasteiger partial charge on any atom is 0.255 e. The fourth-order valence-electron chi connectivity index (χ4n) is 3.37. The molecule has 2 aromatic heterocycles. The molecule has 1 atom stereocenters. The molecule has 1 saturated carbocycles. The monoisotopic (exact) mass is 370 g/mol. The summed E-state index contributed by atoms with van der Waals surface area (Å²) in [5.41, 5.74) is 1.53. The molecule has 144 valence electrons. The molecule has 1 unspecified atom stereocenters. The van der Waals surface area contributed by atoms with E-state index < -0.39 is 0 Å². The number of aromatic nitrogens is 3. The first-order valence-electron chi connectivity index (χ1n) is 9.81. The van der Waals surface area contributed by atoms with Gasteiger partial charge in [0.2, 0.25) is 5.89 Å². The van der Waals surface area contributed by atoms with E-state index in [1.54, 1.807) is 6.20 Å². The van der Waals surface area contributed by atoms with Gasteiger partial charge in [0.15, 0.2) is 5.82 Å². The lowest BCUT2D eigenvalue weighted by Crippen LogP contribution is -2.39. The van der Waals surface area contributed by atoms with Gasteiger partial charge in [-0.15, -0.1) is 0 Å². The lowest BCUT2D eigenvalue weighted by Gasteiger charge is -2.31. The number of likely N-dealkylation sites (tertiary alicyclic amines) is 1. The number of piperidine rings is 1. The Balaban J connectivity index is 1.32. The first kappa shape index (κ1) is 18.1. The molecular weight excluding hydrogens is 344 g/mol. The number of hydrogen-bond acceptors (Lipinski definition) is 6. The summed E-state index contributed by atoms with van der Waals surface area (Å²) in [5.74, 6) is 2.19. The van der Waals surface area contributed by atoms with Gasteiger partial charge >= 0.3 is 0 Å². The quantitative estimate of drug-likeness (QED) is 0.697. The molecule has 3 heterocycles. The van der Waals surface area contributed by atoms with Gasteiger partial charge in [-0.1, -0.05) is 5.16 Å². The molecule has 4 rings (SSSR count). The van der Waals surface area contributed by atoms with Crippen LogP contribution >= 0.6 is 0 Å². The summed E-state index contributed by atoms with van der Waals surface area (Å²) >= 11 is 0. The summed E-state index contributed by atoms with van der Waals surface area (Å²) in [6.07, 6.45) is 6.78. The lowest BCUT2D eigenvalue weighted by molar-refractivity contribution is 0.0695.